The lowest BCUT2D eigenvalue weighted by molar-refractivity contribution is 0.721. The van der Waals surface area contributed by atoms with Gasteiger partial charge in [-0.3, -0.25) is 10.2 Å². The molecule has 6 heteroatoms. The van der Waals surface area contributed by atoms with Crippen LogP contribution in [-0.2, 0) is 0 Å². The average Bonchev–Trinajstić information content (AvgIpc) is 3.19. The van der Waals surface area contributed by atoms with Crippen molar-refractivity contribution in [2.75, 3.05) is 0 Å². The van der Waals surface area contributed by atoms with Crippen molar-refractivity contribution < 1.29 is 4.39 Å². The van der Waals surface area contributed by atoms with E-state index in [1.165, 1.54) is 12.4 Å². The van der Waals surface area contributed by atoms with E-state index in [9.17, 15) is 4.39 Å². The van der Waals surface area contributed by atoms with E-state index in [0.29, 0.717) is 12.2 Å². The first-order valence-electron chi connectivity index (χ1n) is 7.15. The largest absolute Gasteiger partial charge is 0.277 e. The highest BCUT2D eigenvalue weighted by atomic mass is 19.1. The number of nitrogens with zero attached hydrogens (tertiary/aromatic N) is 3. The van der Waals surface area contributed by atoms with Crippen molar-refractivity contribution in [2.45, 2.75) is 13.8 Å². The van der Waals surface area contributed by atoms with Crippen molar-refractivity contribution in [3.63, 3.8) is 0 Å². The fourth-order valence-electron chi connectivity index (χ4n) is 2.37. The molecule has 1 aromatic carbocycles. The highest BCUT2D eigenvalue weighted by Crippen LogP contribution is 2.28. The smallest absolute Gasteiger partial charge is 0.155 e. The number of aromatic amines is 2. The van der Waals surface area contributed by atoms with Gasteiger partial charge in [0, 0.05) is 16.5 Å². The summed E-state index contributed by atoms with van der Waals surface area (Å²) in [5.41, 5.74) is 4.52. The molecule has 0 radical (unpaired) electrons. The maximum Gasteiger partial charge on any atom is 0.155 e. The molecular formula is C17H16FN5. The van der Waals surface area contributed by atoms with Crippen molar-refractivity contribution in [1.82, 2.24) is 25.4 Å². The maximum absolute atomic E-state index is 12.4. The Hall–Kier alpha value is -3.02. The molecular weight excluding hydrogens is 293 g/mol. The van der Waals surface area contributed by atoms with Crippen molar-refractivity contribution in [2.24, 2.45) is 0 Å². The van der Waals surface area contributed by atoms with Crippen LogP contribution in [0.15, 0.2) is 54.7 Å². The lowest BCUT2D eigenvalue weighted by atomic mass is 10.0. The lowest BCUT2D eigenvalue weighted by Crippen LogP contribution is -1.85. The fraction of sp³-hybridized carbons (Fsp3) is 0.118. The van der Waals surface area contributed by atoms with E-state index >= 15 is 0 Å². The number of halogens is 1. The molecule has 3 rings (SSSR count). The highest BCUT2D eigenvalue weighted by Gasteiger charge is 2.11. The standard InChI is InChI=1S/C17H16FN5/c1-11(2)8-12(4-3-7-18)16-14-9-13(17-19-10-20-23-17)5-6-15(14)21-22-16/h3-10H,1-2H3,(H,21,22)(H,19,20,23)/b7-3+,12-4+. The zero-order chi connectivity index (χ0) is 16.2. The molecule has 5 nitrogen and oxygen atoms in total. The van der Waals surface area contributed by atoms with Crippen LogP contribution in [0.25, 0.3) is 27.9 Å². The van der Waals surface area contributed by atoms with E-state index in [-0.39, 0.29) is 0 Å². The first-order valence-corrected chi connectivity index (χ1v) is 7.15. The van der Waals surface area contributed by atoms with Gasteiger partial charge in [0.25, 0.3) is 0 Å². The first kappa shape index (κ1) is 14.9. The van der Waals surface area contributed by atoms with Crippen LogP contribution in [0.2, 0.25) is 0 Å². The number of nitrogens with one attached hydrogen (secondary N) is 2. The van der Waals surface area contributed by atoms with Crippen LogP contribution in [0.3, 0.4) is 0 Å². The molecule has 0 atom stereocenters. The molecule has 0 unspecified atom stereocenters. The Labute approximate surface area is 132 Å². The van der Waals surface area contributed by atoms with Crippen LogP contribution >= 0.6 is 0 Å². The van der Waals surface area contributed by atoms with Crippen molar-refractivity contribution in [3.8, 4) is 11.4 Å². The van der Waals surface area contributed by atoms with E-state index in [0.717, 1.165) is 33.3 Å². The fourth-order valence-corrected chi connectivity index (χ4v) is 2.37. The highest BCUT2D eigenvalue weighted by molar-refractivity contribution is 5.95. The van der Waals surface area contributed by atoms with Crippen LogP contribution < -0.4 is 0 Å². The van der Waals surface area contributed by atoms with Crippen molar-refractivity contribution in [1.29, 1.82) is 0 Å². The van der Waals surface area contributed by atoms with E-state index in [4.69, 9.17) is 0 Å². The molecule has 0 saturated heterocycles. The number of rotatable bonds is 4. The normalized spacial score (nSPS) is 12.2. The zero-order valence-corrected chi connectivity index (χ0v) is 12.8. The summed E-state index contributed by atoms with van der Waals surface area (Å²) in [5, 5.41) is 15.0. The number of hydrogen-bond donors (Lipinski definition) is 2. The lowest BCUT2D eigenvalue weighted by Gasteiger charge is -2.01. The molecule has 2 aromatic heterocycles. The number of H-pyrrole nitrogens is 2. The molecule has 116 valence electrons. The van der Waals surface area contributed by atoms with E-state index in [1.54, 1.807) is 6.08 Å². The van der Waals surface area contributed by atoms with E-state index in [2.05, 4.69) is 25.4 Å². The van der Waals surface area contributed by atoms with Crippen LogP contribution in [0.5, 0.6) is 0 Å². The second-order valence-corrected chi connectivity index (χ2v) is 5.33. The van der Waals surface area contributed by atoms with Gasteiger partial charge in [0.1, 0.15) is 6.33 Å². The summed E-state index contributed by atoms with van der Waals surface area (Å²) in [5.74, 6) is 0.690. The quantitative estimate of drug-likeness (QED) is 0.710. The summed E-state index contributed by atoms with van der Waals surface area (Å²) in [6.45, 7) is 3.98. The van der Waals surface area contributed by atoms with Gasteiger partial charge in [-0.25, -0.2) is 9.37 Å². The molecule has 2 N–H and O–H groups in total. The molecule has 0 amide bonds. The van der Waals surface area contributed by atoms with Gasteiger partial charge in [-0.15, -0.1) is 0 Å². The van der Waals surface area contributed by atoms with Gasteiger partial charge in [0.15, 0.2) is 5.82 Å². The Morgan fingerprint density at radius 1 is 1.22 bits per heavy atom. The molecule has 0 aliphatic heterocycles. The minimum Gasteiger partial charge on any atom is -0.277 e. The summed E-state index contributed by atoms with van der Waals surface area (Å²) in [6, 6.07) is 5.87. The van der Waals surface area contributed by atoms with Crippen LogP contribution in [-0.4, -0.2) is 25.4 Å². The van der Waals surface area contributed by atoms with Gasteiger partial charge in [0.05, 0.1) is 17.5 Å². The minimum absolute atomic E-state index is 0.508. The van der Waals surface area contributed by atoms with Gasteiger partial charge < -0.3 is 0 Å². The molecule has 0 spiro atoms. The summed E-state index contributed by atoms with van der Waals surface area (Å²) in [7, 11) is 0. The summed E-state index contributed by atoms with van der Waals surface area (Å²) >= 11 is 0. The second-order valence-electron chi connectivity index (χ2n) is 5.33. The molecule has 3 aromatic rings. The number of fused-ring (bicyclic) bond motifs is 1. The van der Waals surface area contributed by atoms with Gasteiger partial charge in [-0.05, 0) is 38.1 Å². The van der Waals surface area contributed by atoms with Crippen LogP contribution in [0.4, 0.5) is 4.39 Å². The Balaban J connectivity index is 2.16. The molecule has 0 fully saturated rings. The van der Waals surface area contributed by atoms with Gasteiger partial charge >= 0.3 is 0 Å². The topological polar surface area (TPSA) is 70.2 Å². The predicted molar refractivity (Wildman–Crippen MR) is 89.1 cm³/mol. The number of hydrogen-bond acceptors (Lipinski definition) is 3. The van der Waals surface area contributed by atoms with Crippen LogP contribution in [0, 0.1) is 0 Å². The zero-order valence-electron chi connectivity index (χ0n) is 12.8. The predicted octanol–water partition coefficient (Wildman–Crippen LogP) is 4.18. The molecule has 0 aliphatic rings. The average molecular weight is 309 g/mol. The van der Waals surface area contributed by atoms with Gasteiger partial charge in [-0.1, -0.05) is 17.7 Å². The number of benzene rings is 1. The third kappa shape index (κ3) is 3.11. The molecule has 0 aliphatic carbocycles. The van der Waals surface area contributed by atoms with Gasteiger partial charge in [0.2, 0.25) is 0 Å². The Morgan fingerprint density at radius 3 is 2.78 bits per heavy atom. The van der Waals surface area contributed by atoms with Crippen LogP contribution in [0.1, 0.15) is 19.5 Å². The first-order chi connectivity index (χ1) is 11.2. The SMILES string of the molecule is CC(C)=C/C(=C\C=C\F)c1n[nH]c2ccc(-c3ncn[nH]3)cc12. The summed E-state index contributed by atoms with van der Waals surface area (Å²) < 4.78 is 12.4. The third-order valence-corrected chi connectivity index (χ3v) is 3.32. The van der Waals surface area contributed by atoms with Crippen molar-refractivity contribution >= 4 is 16.5 Å². The Kier molecular flexibility index (Phi) is 4.14. The monoisotopic (exact) mass is 309 g/mol. The third-order valence-electron chi connectivity index (χ3n) is 3.32. The second kappa shape index (κ2) is 6.39. The Morgan fingerprint density at radius 2 is 2.09 bits per heavy atom. The summed E-state index contributed by atoms with van der Waals surface area (Å²) in [4.78, 5) is 4.17. The summed E-state index contributed by atoms with van der Waals surface area (Å²) in [6.07, 6.45) is 7.00. The molecule has 23 heavy (non-hydrogen) atoms. The van der Waals surface area contributed by atoms with Gasteiger partial charge in [-0.2, -0.15) is 10.2 Å². The maximum atomic E-state index is 12.4. The Bertz CT molecular complexity index is 896. The number of allylic oxidation sites excluding steroid dienone is 5. The van der Waals surface area contributed by atoms with Crippen molar-refractivity contribution in [3.05, 3.63) is 60.4 Å². The molecule has 0 bridgehead atoms. The minimum atomic E-state index is 0.508. The van der Waals surface area contributed by atoms with E-state index < -0.39 is 0 Å². The molecule has 0 saturated carbocycles. The van der Waals surface area contributed by atoms with E-state index in [1.807, 2.05) is 38.1 Å². The molecule has 2 heterocycles. The number of aromatic nitrogens is 5.